The van der Waals surface area contributed by atoms with Crippen LogP contribution in [0.25, 0.3) is 12.2 Å². The minimum atomic E-state index is 0.107. The fourth-order valence-corrected chi connectivity index (χ4v) is 1.79. The third kappa shape index (κ3) is 3.03. The highest BCUT2D eigenvalue weighted by molar-refractivity contribution is 5.72. The summed E-state index contributed by atoms with van der Waals surface area (Å²) in [4.78, 5) is 0. The lowest BCUT2D eigenvalue weighted by atomic mass is 10.1. The zero-order valence-electron chi connectivity index (χ0n) is 11.3. The van der Waals surface area contributed by atoms with E-state index in [0.717, 1.165) is 11.1 Å². The Kier molecular flexibility index (Phi) is 4.15. The molecule has 0 aliphatic carbocycles. The van der Waals surface area contributed by atoms with Gasteiger partial charge in [0.2, 0.25) is 0 Å². The van der Waals surface area contributed by atoms with Gasteiger partial charge in [-0.05, 0) is 35.4 Å². The van der Waals surface area contributed by atoms with E-state index in [2.05, 4.69) is 0 Å². The average molecular weight is 272 g/mol. The van der Waals surface area contributed by atoms with Crippen molar-refractivity contribution in [2.75, 3.05) is 14.2 Å². The van der Waals surface area contributed by atoms with Gasteiger partial charge in [-0.25, -0.2) is 0 Å². The van der Waals surface area contributed by atoms with Crippen LogP contribution in [0.1, 0.15) is 11.1 Å². The van der Waals surface area contributed by atoms with E-state index in [1.807, 2.05) is 12.2 Å². The molecule has 0 aliphatic heterocycles. The molecule has 20 heavy (non-hydrogen) atoms. The number of rotatable bonds is 4. The van der Waals surface area contributed by atoms with Gasteiger partial charge in [-0.15, -0.1) is 0 Å². The van der Waals surface area contributed by atoms with Gasteiger partial charge in [0.1, 0.15) is 0 Å². The van der Waals surface area contributed by atoms with Crippen molar-refractivity contribution in [1.29, 1.82) is 0 Å². The number of hydrogen-bond acceptors (Lipinski definition) is 4. The third-order valence-electron chi connectivity index (χ3n) is 2.88. The van der Waals surface area contributed by atoms with Crippen LogP contribution >= 0.6 is 0 Å². The van der Waals surface area contributed by atoms with Crippen molar-refractivity contribution < 1.29 is 19.7 Å². The van der Waals surface area contributed by atoms with Crippen molar-refractivity contribution in [1.82, 2.24) is 0 Å². The van der Waals surface area contributed by atoms with E-state index in [9.17, 15) is 10.2 Å². The van der Waals surface area contributed by atoms with E-state index >= 15 is 0 Å². The van der Waals surface area contributed by atoms with E-state index in [4.69, 9.17) is 9.47 Å². The largest absolute Gasteiger partial charge is 0.504 e. The van der Waals surface area contributed by atoms with E-state index in [1.54, 1.807) is 36.4 Å². The van der Waals surface area contributed by atoms with E-state index < -0.39 is 0 Å². The van der Waals surface area contributed by atoms with Crippen molar-refractivity contribution in [3.05, 3.63) is 47.5 Å². The number of phenols is 2. The Morgan fingerprint density at radius 3 is 1.50 bits per heavy atom. The first-order chi connectivity index (χ1) is 9.63. The summed E-state index contributed by atoms with van der Waals surface area (Å²) in [6.07, 6.45) is 3.77. The van der Waals surface area contributed by atoms with Crippen LogP contribution in [0.15, 0.2) is 36.4 Å². The number of ether oxygens (including phenoxy) is 2. The molecule has 2 rings (SSSR count). The number of methoxy groups -OCH3 is 2. The van der Waals surface area contributed by atoms with Gasteiger partial charge in [0.15, 0.2) is 23.0 Å². The average Bonchev–Trinajstić information content (AvgIpc) is 2.47. The lowest BCUT2D eigenvalue weighted by Gasteiger charge is -2.05. The van der Waals surface area contributed by atoms with Gasteiger partial charge in [0.05, 0.1) is 14.2 Å². The smallest absolute Gasteiger partial charge is 0.161 e. The van der Waals surface area contributed by atoms with Gasteiger partial charge in [0.25, 0.3) is 0 Å². The van der Waals surface area contributed by atoms with Crippen molar-refractivity contribution in [3.8, 4) is 23.0 Å². The number of aromatic hydroxyl groups is 2. The molecular formula is C16H16O4. The van der Waals surface area contributed by atoms with Crippen molar-refractivity contribution in [2.24, 2.45) is 0 Å². The molecule has 0 bridgehead atoms. The predicted octanol–water partition coefficient (Wildman–Crippen LogP) is 3.29. The summed E-state index contributed by atoms with van der Waals surface area (Å²) in [5.41, 5.74) is 1.79. The molecule has 0 spiro atoms. The first-order valence-electron chi connectivity index (χ1n) is 6.06. The summed E-state index contributed by atoms with van der Waals surface area (Å²) >= 11 is 0. The standard InChI is InChI=1S/C16H16O4/c1-19-15-9-11(5-7-13(15)17)3-4-12-6-8-14(18)16(10-12)20-2/h3-10,17-18H,1-2H3. The molecule has 0 saturated heterocycles. The summed E-state index contributed by atoms with van der Waals surface area (Å²) in [7, 11) is 3.01. The van der Waals surface area contributed by atoms with Crippen molar-refractivity contribution >= 4 is 12.2 Å². The maximum atomic E-state index is 9.53. The zero-order valence-corrected chi connectivity index (χ0v) is 11.3. The highest BCUT2D eigenvalue weighted by Crippen LogP contribution is 2.29. The molecule has 0 amide bonds. The van der Waals surface area contributed by atoms with Crippen molar-refractivity contribution in [2.45, 2.75) is 0 Å². The summed E-state index contributed by atoms with van der Waals surface area (Å²) in [6, 6.07) is 10.2. The summed E-state index contributed by atoms with van der Waals surface area (Å²) in [5, 5.41) is 19.1. The van der Waals surface area contributed by atoms with Gasteiger partial charge >= 0.3 is 0 Å². The summed E-state index contributed by atoms with van der Waals surface area (Å²) < 4.78 is 10.1. The Hall–Kier alpha value is -2.62. The molecule has 0 aromatic heterocycles. The highest BCUT2D eigenvalue weighted by Gasteiger charge is 2.02. The topological polar surface area (TPSA) is 58.9 Å². The van der Waals surface area contributed by atoms with Gasteiger partial charge < -0.3 is 19.7 Å². The quantitative estimate of drug-likeness (QED) is 0.838. The normalized spacial score (nSPS) is 10.7. The number of benzene rings is 2. The van der Waals surface area contributed by atoms with Crippen molar-refractivity contribution in [3.63, 3.8) is 0 Å². The molecule has 0 atom stereocenters. The van der Waals surface area contributed by atoms with Crippen LogP contribution in [0.3, 0.4) is 0 Å². The van der Waals surface area contributed by atoms with Gasteiger partial charge in [-0.3, -0.25) is 0 Å². The molecule has 4 heteroatoms. The summed E-state index contributed by atoms with van der Waals surface area (Å²) in [5.74, 6) is 1.07. The first kappa shape index (κ1) is 13.8. The summed E-state index contributed by atoms with van der Waals surface area (Å²) in [6.45, 7) is 0. The molecule has 0 fully saturated rings. The Morgan fingerprint density at radius 2 is 1.15 bits per heavy atom. The SMILES string of the molecule is COc1cc(C=Cc2ccc(O)c(OC)c2)ccc1O. The molecule has 0 unspecified atom stereocenters. The second-order valence-electron chi connectivity index (χ2n) is 4.20. The van der Waals surface area contributed by atoms with E-state index in [1.165, 1.54) is 14.2 Å². The molecule has 4 nitrogen and oxygen atoms in total. The molecule has 2 aromatic carbocycles. The fraction of sp³-hybridized carbons (Fsp3) is 0.125. The van der Waals surface area contributed by atoms with Crippen LogP contribution in [0.5, 0.6) is 23.0 Å². The molecule has 0 saturated carbocycles. The minimum Gasteiger partial charge on any atom is -0.504 e. The Labute approximate surface area is 117 Å². The van der Waals surface area contributed by atoms with Crippen LogP contribution in [0, 0.1) is 0 Å². The van der Waals surface area contributed by atoms with Crippen LogP contribution < -0.4 is 9.47 Å². The molecule has 0 heterocycles. The van der Waals surface area contributed by atoms with Crippen LogP contribution in [-0.2, 0) is 0 Å². The first-order valence-corrected chi connectivity index (χ1v) is 6.06. The zero-order chi connectivity index (χ0) is 14.5. The monoisotopic (exact) mass is 272 g/mol. The van der Waals surface area contributed by atoms with Gasteiger partial charge in [-0.2, -0.15) is 0 Å². The molecular weight excluding hydrogens is 256 g/mol. The Bertz CT molecular complexity index is 577. The van der Waals surface area contributed by atoms with E-state index in [-0.39, 0.29) is 11.5 Å². The lowest BCUT2D eigenvalue weighted by Crippen LogP contribution is -1.85. The third-order valence-corrected chi connectivity index (χ3v) is 2.88. The molecule has 0 radical (unpaired) electrons. The maximum absolute atomic E-state index is 9.53. The van der Waals surface area contributed by atoms with E-state index in [0.29, 0.717) is 11.5 Å². The second-order valence-corrected chi connectivity index (χ2v) is 4.20. The van der Waals surface area contributed by atoms with Gasteiger partial charge in [-0.1, -0.05) is 24.3 Å². The molecule has 2 N–H and O–H groups in total. The molecule has 0 aliphatic rings. The number of phenolic OH excluding ortho intramolecular Hbond substituents is 2. The van der Waals surface area contributed by atoms with Crippen LogP contribution in [0.4, 0.5) is 0 Å². The lowest BCUT2D eigenvalue weighted by molar-refractivity contribution is 0.373. The number of hydrogen-bond donors (Lipinski definition) is 2. The highest BCUT2D eigenvalue weighted by atomic mass is 16.5. The minimum absolute atomic E-state index is 0.107. The molecule has 2 aromatic rings. The second kappa shape index (κ2) is 6.02. The van der Waals surface area contributed by atoms with Crippen LogP contribution in [0.2, 0.25) is 0 Å². The predicted molar refractivity (Wildman–Crippen MR) is 78.2 cm³/mol. The molecule has 104 valence electrons. The Morgan fingerprint density at radius 1 is 0.750 bits per heavy atom. The van der Waals surface area contributed by atoms with Crippen LogP contribution in [-0.4, -0.2) is 24.4 Å². The van der Waals surface area contributed by atoms with Gasteiger partial charge in [0, 0.05) is 0 Å². The maximum Gasteiger partial charge on any atom is 0.161 e. The fourth-order valence-electron chi connectivity index (χ4n) is 1.79. The Balaban J connectivity index is 2.25.